The second kappa shape index (κ2) is 6.67. The Bertz CT molecular complexity index is 758. The molecule has 2 N–H and O–H groups in total. The van der Waals surface area contributed by atoms with Crippen LogP contribution in [0.2, 0.25) is 0 Å². The van der Waals surface area contributed by atoms with E-state index in [1.165, 1.54) is 19.3 Å². The van der Waals surface area contributed by atoms with Crippen molar-refractivity contribution >= 4 is 22.8 Å². The smallest absolute Gasteiger partial charge is 0.319 e. The quantitative estimate of drug-likeness (QED) is 0.895. The van der Waals surface area contributed by atoms with Gasteiger partial charge in [-0.05, 0) is 50.9 Å². The van der Waals surface area contributed by atoms with Gasteiger partial charge in [0.2, 0.25) is 0 Å². The van der Waals surface area contributed by atoms with Crippen molar-refractivity contribution in [2.45, 2.75) is 63.6 Å². The third-order valence-corrected chi connectivity index (χ3v) is 5.67. The number of urea groups is 1. The van der Waals surface area contributed by atoms with Gasteiger partial charge in [0.05, 0.1) is 0 Å². The standard InChI is InChI=1S/C19H26N4O2/c1-3-18-22-16-11-12(7-8-17(16)25-18)20-19(24)21-13-9-14-5-4-6-15(10-13)23(14)2/h7-8,11,13-15H,3-6,9-10H2,1-2H3,(H2,20,21,24)/t13?,14-,15+. The van der Waals surface area contributed by atoms with Crippen molar-refractivity contribution in [2.24, 2.45) is 0 Å². The highest BCUT2D eigenvalue weighted by Gasteiger charge is 2.36. The van der Waals surface area contributed by atoms with Gasteiger partial charge >= 0.3 is 6.03 Å². The van der Waals surface area contributed by atoms with Gasteiger partial charge in [0.15, 0.2) is 11.5 Å². The number of hydrogen-bond acceptors (Lipinski definition) is 4. The van der Waals surface area contributed by atoms with Gasteiger partial charge in [-0.3, -0.25) is 0 Å². The molecule has 0 radical (unpaired) electrons. The molecule has 4 rings (SSSR count). The number of carbonyl (C=O) groups excluding carboxylic acids is 1. The highest BCUT2D eigenvalue weighted by atomic mass is 16.3. The third-order valence-electron chi connectivity index (χ3n) is 5.67. The molecule has 0 spiro atoms. The molecular weight excluding hydrogens is 316 g/mol. The molecule has 1 aromatic heterocycles. The van der Waals surface area contributed by atoms with Crippen LogP contribution in [0.25, 0.3) is 11.1 Å². The summed E-state index contributed by atoms with van der Waals surface area (Å²) in [4.78, 5) is 19.3. The van der Waals surface area contributed by atoms with Crippen LogP contribution in [-0.2, 0) is 6.42 Å². The van der Waals surface area contributed by atoms with E-state index in [0.717, 1.165) is 41.9 Å². The van der Waals surface area contributed by atoms with E-state index >= 15 is 0 Å². The summed E-state index contributed by atoms with van der Waals surface area (Å²) in [7, 11) is 2.22. The Morgan fingerprint density at radius 3 is 2.80 bits per heavy atom. The highest BCUT2D eigenvalue weighted by Crippen LogP contribution is 2.32. The molecule has 3 atom stereocenters. The zero-order valence-corrected chi connectivity index (χ0v) is 14.9. The van der Waals surface area contributed by atoms with Crippen LogP contribution < -0.4 is 10.6 Å². The Morgan fingerprint density at radius 2 is 2.08 bits per heavy atom. The fourth-order valence-corrected chi connectivity index (χ4v) is 4.29. The first-order valence-corrected chi connectivity index (χ1v) is 9.31. The van der Waals surface area contributed by atoms with Crippen molar-refractivity contribution in [1.82, 2.24) is 15.2 Å². The Hall–Kier alpha value is -2.08. The number of anilines is 1. The molecule has 2 aliphatic heterocycles. The third kappa shape index (κ3) is 3.35. The van der Waals surface area contributed by atoms with Gasteiger partial charge < -0.3 is 20.0 Å². The van der Waals surface area contributed by atoms with E-state index in [0.29, 0.717) is 12.1 Å². The number of benzene rings is 1. The Morgan fingerprint density at radius 1 is 1.32 bits per heavy atom. The predicted molar refractivity (Wildman–Crippen MR) is 97.8 cm³/mol. The second-order valence-corrected chi connectivity index (χ2v) is 7.31. The van der Waals surface area contributed by atoms with Crippen LogP contribution in [0.1, 0.15) is 44.9 Å². The van der Waals surface area contributed by atoms with Crippen molar-refractivity contribution < 1.29 is 9.21 Å². The first-order valence-electron chi connectivity index (χ1n) is 9.31. The van der Waals surface area contributed by atoms with Crippen LogP contribution in [0.3, 0.4) is 0 Å². The predicted octanol–water partition coefficient (Wildman–Crippen LogP) is 3.53. The zero-order chi connectivity index (χ0) is 17.4. The molecule has 1 unspecified atom stereocenters. The summed E-state index contributed by atoms with van der Waals surface area (Å²) in [6.07, 6.45) is 6.66. The summed E-state index contributed by atoms with van der Waals surface area (Å²) < 4.78 is 5.61. The first-order chi connectivity index (χ1) is 12.1. The maximum atomic E-state index is 12.4. The number of amides is 2. The number of oxazole rings is 1. The molecule has 6 nitrogen and oxygen atoms in total. The number of nitrogens with zero attached hydrogens (tertiary/aromatic N) is 2. The lowest BCUT2D eigenvalue weighted by Gasteiger charge is -2.47. The number of carbonyl (C=O) groups is 1. The number of nitrogens with one attached hydrogen (secondary N) is 2. The van der Waals surface area contributed by atoms with Crippen LogP contribution in [0.5, 0.6) is 0 Å². The van der Waals surface area contributed by atoms with Gasteiger partial charge in [-0.1, -0.05) is 13.3 Å². The van der Waals surface area contributed by atoms with Crippen molar-refractivity contribution in [1.29, 1.82) is 0 Å². The van der Waals surface area contributed by atoms with Crippen molar-refractivity contribution in [2.75, 3.05) is 12.4 Å². The van der Waals surface area contributed by atoms with E-state index in [-0.39, 0.29) is 12.1 Å². The summed E-state index contributed by atoms with van der Waals surface area (Å²) in [6.45, 7) is 2.01. The first kappa shape index (κ1) is 16.4. The van der Waals surface area contributed by atoms with Gasteiger partial charge in [0.25, 0.3) is 0 Å². The molecule has 0 aliphatic carbocycles. The fourth-order valence-electron chi connectivity index (χ4n) is 4.29. The van der Waals surface area contributed by atoms with Gasteiger partial charge in [-0.15, -0.1) is 0 Å². The summed E-state index contributed by atoms with van der Waals surface area (Å²) in [5, 5.41) is 6.10. The Balaban J connectivity index is 1.39. The maximum absolute atomic E-state index is 12.4. The van der Waals surface area contributed by atoms with Crippen molar-refractivity contribution in [3.63, 3.8) is 0 Å². The van der Waals surface area contributed by atoms with Crippen molar-refractivity contribution in [3.8, 4) is 0 Å². The maximum Gasteiger partial charge on any atom is 0.319 e. The number of fused-ring (bicyclic) bond motifs is 3. The Labute approximate surface area is 148 Å². The Kier molecular flexibility index (Phi) is 4.37. The van der Waals surface area contributed by atoms with Gasteiger partial charge in [0, 0.05) is 30.2 Å². The molecule has 2 saturated heterocycles. The van der Waals surface area contributed by atoms with Crippen LogP contribution in [-0.4, -0.2) is 41.1 Å². The van der Waals surface area contributed by atoms with E-state index in [1.807, 2.05) is 25.1 Å². The monoisotopic (exact) mass is 342 g/mol. The average molecular weight is 342 g/mol. The molecule has 6 heteroatoms. The molecule has 2 aliphatic rings. The SMILES string of the molecule is CCc1nc2cc(NC(=O)NC3C[C@H]4CCC[C@@H](C3)N4C)ccc2o1. The minimum absolute atomic E-state index is 0.133. The molecule has 1 aromatic carbocycles. The molecule has 3 heterocycles. The summed E-state index contributed by atoms with van der Waals surface area (Å²) in [6, 6.07) is 6.92. The lowest BCUT2D eigenvalue weighted by molar-refractivity contribution is 0.0513. The number of rotatable bonds is 3. The van der Waals surface area contributed by atoms with Gasteiger partial charge in [-0.25, -0.2) is 9.78 Å². The van der Waals surface area contributed by atoms with E-state index in [4.69, 9.17) is 4.42 Å². The molecule has 2 fully saturated rings. The lowest BCUT2D eigenvalue weighted by atomic mass is 9.82. The van der Waals surface area contributed by atoms with Crippen LogP contribution >= 0.6 is 0 Å². The van der Waals surface area contributed by atoms with Crippen molar-refractivity contribution in [3.05, 3.63) is 24.1 Å². The van der Waals surface area contributed by atoms with Crippen LogP contribution in [0, 0.1) is 0 Å². The molecule has 2 bridgehead atoms. The zero-order valence-electron chi connectivity index (χ0n) is 14.9. The molecular formula is C19H26N4O2. The number of aryl methyl sites for hydroxylation is 1. The van der Waals surface area contributed by atoms with Crippen LogP contribution in [0.15, 0.2) is 22.6 Å². The van der Waals surface area contributed by atoms with E-state index in [2.05, 4.69) is 27.6 Å². The number of hydrogen-bond donors (Lipinski definition) is 2. The molecule has 0 saturated carbocycles. The highest BCUT2D eigenvalue weighted by molar-refractivity contribution is 5.91. The summed E-state index contributed by atoms with van der Waals surface area (Å²) in [5.41, 5.74) is 2.28. The normalized spacial score (nSPS) is 26.6. The summed E-state index contributed by atoms with van der Waals surface area (Å²) >= 11 is 0. The number of piperidine rings is 2. The van der Waals surface area contributed by atoms with E-state index in [9.17, 15) is 4.79 Å². The fraction of sp³-hybridized carbons (Fsp3) is 0.579. The summed E-state index contributed by atoms with van der Waals surface area (Å²) in [5.74, 6) is 0.717. The second-order valence-electron chi connectivity index (χ2n) is 7.31. The minimum atomic E-state index is -0.133. The van der Waals surface area contributed by atoms with Crippen LogP contribution in [0.4, 0.5) is 10.5 Å². The van der Waals surface area contributed by atoms with Gasteiger partial charge in [-0.2, -0.15) is 0 Å². The van der Waals surface area contributed by atoms with Gasteiger partial charge in [0.1, 0.15) is 5.52 Å². The molecule has 2 amide bonds. The lowest BCUT2D eigenvalue weighted by Crippen LogP contribution is -2.55. The molecule has 25 heavy (non-hydrogen) atoms. The average Bonchev–Trinajstić information content (AvgIpc) is 2.98. The van der Waals surface area contributed by atoms with E-state index < -0.39 is 0 Å². The van der Waals surface area contributed by atoms with E-state index in [1.54, 1.807) is 0 Å². The topological polar surface area (TPSA) is 70.4 Å². The minimum Gasteiger partial charge on any atom is -0.441 e. The molecule has 134 valence electrons. The molecule has 2 aromatic rings. The number of aromatic nitrogens is 1. The largest absolute Gasteiger partial charge is 0.441 e.